The van der Waals surface area contributed by atoms with Gasteiger partial charge in [-0.3, -0.25) is 0 Å². The average molecular weight is 315 g/mol. The second-order valence-corrected chi connectivity index (χ2v) is 7.20. The van der Waals surface area contributed by atoms with E-state index >= 15 is 0 Å². The van der Waals surface area contributed by atoms with Crippen LogP contribution in [0.25, 0.3) is 0 Å². The summed E-state index contributed by atoms with van der Waals surface area (Å²) in [7, 11) is -1.60. The van der Waals surface area contributed by atoms with Gasteiger partial charge in [-0.1, -0.05) is 6.92 Å². The molecule has 1 aliphatic rings. The Morgan fingerprint density at radius 3 is 2.95 bits per heavy atom. The van der Waals surface area contributed by atoms with Crippen molar-refractivity contribution < 1.29 is 13.2 Å². The molecule has 6 nitrogen and oxygen atoms in total. The van der Waals surface area contributed by atoms with Gasteiger partial charge in [0.05, 0.1) is 11.5 Å². The summed E-state index contributed by atoms with van der Waals surface area (Å²) in [5.74, 6) is 0. The highest BCUT2D eigenvalue weighted by Crippen LogP contribution is 2.16. The van der Waals surface area contributed by atoms with Crippen molar-refractivity contribution in [2.75, 3.05) is 19.8 Å². The molecule has 1 saturated heterocycles. The van der Waals surface area contributed by atoms with E-state index in [1.165, 1.54) is 0 Å². The van der Waals surface area contributed by atoms with Crippen LogP contribution in [0.15, 0.2) is 17.2 Å². The van der Waals surface area contributed by atoms with Gasteiger partial charge in [-0.2, -0.15) is 0 Å². The molecule has 2 N–H and O–H groups in total. The molecule has 1 aromatic heterocycles. The lowest BCUT2D eigenvalue weighted by atomic mass is 10.1. The highest BCUT2D eigenvalue weighted by Gasteiger charge is 2.23. The van der Waals surface area contributed by atoms with E-state index in [0.717, 1.165) is 38.1 Å². The van der Waals surface area contributed by atoms with Crippen molar-refractivity contribution in [3.8, 4) is 0 Å². The van der Waals surface area contributed by atoms with Gasteiger partial charge >= 0.3 is 0 Å². The standard InChI is InChI=1S/C14H25N3O3S/c1-3-6-15-9-13-8-14(10-17(13)2)21(18,19)16-12-5-4-7-20-11-12/h8,10,12,15-16H,3-7,9,11H2,1-2H3. The monoisotopic (exact) mass is 315 g/mol. The SMILES string of the molecule is CCCNCc1cc(S(=O)(=O)NC2CCCOC2)cn1C. The van der Waals surface area contributed by atoms with Crippen LogP contribution in [-0.2, 0) is 28.4 Å². The Hall–Kier alpha value is -0.890. The van der Waals surface area contributed by atoms with Gasteiger partial charge in [-0.25, -0.2) is 13.1 Å². The van der Waals surface area contributed by atoms with Crippen molar-refractivity contribution in [2.45, 2.75) is 43.7 Å². The zero-order valence-corrected chi connectivity index (χ0v) is 13.6. The van der Waals surface area contributed by atoms with Crippen molar-refractivity contribution in [3.05, 3.63) is 18.0 Å². The van der Waals surface area contributed by atoms with Crippen LogP contribution in [-0.4, -0.2) is 38.8 Å². The third-order valence-electron chi connectivity index (χ3n) is 3.61. The number of hydrogen-bond acceptors (Lipinski definition) is 4. The zero-order valence-electron chi connectivity index (χ0n) is 12.8. The molecule has 7 heteroatoms. The molecule has 21 heavy (non-hydrogen) atoms. The van der Waals surface area contributed by atoms with Crippen molar-refractivity contribution in [3.63, 3.8) is 0 Å². The molecule has 1 fully saturated rings. The topological polar surface area (TPSA) is 72.4 Å². The summed E-state index contributed by atoms with van der Waals surface area (Å²) in [6.07, 6.45) is 4.44. The Morgan fingerprint density at radius 1 is 1.48 bits per heavy atom. The quantitative estimate of drug-likeness (QED) is 0.736. The van der Waals surface area contributed by atoms with Crippen LogP contribution >= 0.6 is 0 Å². The zero-order chi connectivity index (χ0) is 15.3. The minimum atomic E-state index is -3.47. The van der Waals surface area contributed by atoms with Gasteiger partial charge in [0.2, 0.25) is 10.0 Å². The van der Waals surface area contributed by atoms with Gasteiger partial charge in [0, 0.05) is 38.1 Å². The number of nitrogens with one attached hydrogen (secondary N) is 2. The largest absolute Gasteiger partial charge is 0.380 e. The first kappa shape index (κ1) is 16.5. The Bertz CT molecular complexity index is 548. The van der Waals surface area contributed by atoms with Crippen LogP contribution in [0.5, 0.6) is 0 Å². The van der Waals surface area contributed by atoms with Gasteiger partial charge in [0.15, 0.2) is 0 Å². The maximum Gasteiger partial charge on any atom is 0.242 e. The van der Waals surface area contributed by atoms with Crippen molar-refractivity contribution in [2.24, 2.45) is 7.05 Å². The predicted octanol–water partition coefficient (Wildman–Crippen LogP) is 0.982. The van der Waals surface area contributed by atoms with Gasteiger partial charge < -0.3 is 14.6 Å². The van der Waals surface area contributed by atoms with E-state index in [0.29, 0.717) is 18.0 Å². The molecule has 0 bridgehead atoms. The maximum absolute atomic E-state index is 12.4. The average Bonchev–Trinajstić information content (AvgIpc) is 2.82. The van der Waals surface area contributed by atoms with E-state index in [-0.39, 0.29) is 6.04 Å². The maximum atomic E-state index is 12.4. The molecule has 1 atom stereocenters. The summed E-state index contributed by atoms with van der Waals surface area (Å²) in [6, 6.07) is 1.61. The molecule has 0 spiro atoms. The fraction of sp³-hybridized carbons (Fsp3) is 0.714. The third-order valence-corrected chi connectivity index (χ3v) is 5.10. The summed E-state index contributed by atoms with van der Waals surface area (Å²) in [6.45, 7) is 4.87. The fourth-order valence-electron chi connectivity index (χ4n) is 2.41. The number of aromatic nitrogens is 1. The molecule has 2 heterocycles. The van der Waals surface area contributed by atoms with E-state index in [1.54, 1.807) is 12.3 Å². The van der Waals surface area contributed by atoms with E-state index in [1.807, 2.05) is 11.6 Å². The summed E-state index contributed by atoms with van der Waals surface area (Å²) in [5, 5.41) is 3.28. The number of hydrogen-bond donors (Lipinski definition) is 2. The van der Waals surface area contributed by atoms with Crippen molar-refractivity contribution in [1.29, 1.82) is 0 Å². The molecule has 2 rings (SSSR count). The van der Waals surface area contributed by atoms with Crippen LogP contribution in [0.1, 0.15) is 31.9 Å². The fourth-order valence-corrected chi connectivity index (χ4v) is 3.76. The molecule has 1 aromatic rings. The van der Waals surface area contributed by atoms with Crippen LogP contribution in [0, 0.1) is 0 Å². The van der Waals surface area contributed by atoms with Crippen molar-refractivity contribution in [1.82, 2.24) is 14.6 Å². The molecule has 0 amide bonds. The van der Waals surface area contributed by atoms with E-state index < -0.39 is 10.0 Å². The lowest BCUT2D eigenvalue weighted by Gasteiger charge is -2.22. The Labute approximate surface area is 126 Å². The highest BCUT2D eigenvalue weighted by atomic mass is 32.2. The smallest absolute Gasteiger partial charge is 0.242 e. The minimum Gasteiger partial charge on any atom is -0.380 e. The summed E-state index contributed by atoms with van der Waals surface area (Å²) >= 11 is 0. The molecule has 0 radical (unpaired) electrons. The summed E-state index contributed by atoms with van der Waals surface area (Å²) < 4.78 is 34.7. The lowest BCUT2D eigenvalue weighted by Crippen LogP contribution is -2.40. The Balaban J connectivity index is 2.03. The predicted molar refractivity (Wildman–Crippen MR) is 81.6 cm³/mol. The van der Waals surface area contributed by atoms with Gasteiger partial charge in [-0.05, 0) is 31.9 Å². The molecular weight excluding hydrogens is 290 g/mol. The van der Waals surface area contributed by atoms with E-state index in [4.69, 9.17) is 4.74 Å². The molecular formula is C14H25N3O3S. The first-order valence-corrected chi connectivity index (χ1v) is 8.97. The molecule has 0 aromatic carbocycles. The Morgan fingerprint density at radius 2 is 2.29 bits per heavy atom. The number of sulfonamides is 1. The number of ether oxygens (including phenoxy) is 1. The molecule has 0 saturated carbocycles. The number of rotatable bonds is 7. The van der Waals surface area contributed by atoms with Crippen LogP contribution < -0.4 is 10.0 Å². The van der Waals surface area contributed by atoms with Crippen molar-refractivity contribution >= 4 is 10.0 Å². The summed E-state index contributed by atoms with van der Waals surface area (Å²) in [5.41, 5.74) is 0.962. The molecule has 1 aliphatic heterocycles. The van der Waals surface area contributed by atoms with Gasteiger partial charge in [-0.15, -0.1) is 0 Å². The second-order valence-electron chi connectivity index (χ2n) is 5.49. The first-order chi connectivity index (χ1) is 10.0. The number of aryl methyl sites for hydroxylation is 1. The minimum absolute atomic E-state index is 0.120. The van der Waals surface area contributed by atoms with Crippen LogP contribution in [0.2, 0.25) is 0 Å². The third kappa shape index (κ3) is 4.54. The molecule has 0 aliphatic carbocycles. The van der Waals surface area contributed by atoms with Crippen LogP contribution in [0.4, 0.5) is 0 Å². The first-order valence-electron chi connectivity index (χ1n) is 7.49. The molecule has 120 valence electrons. The summed E-state index contributed by atoms with van der Waals surface area (Å²) in [4.78, 5) is 0.323. The van der Waals surface area contributed by atoms with Gasteiger partial charge in [0.1, 0.15) is 0 Å². The van der Waals surface area contributed by atoms with E-state index in [2.05, 4.69) is 17.0 Å². The number of nitrogens with zero attached hydrogens (tertiary/aromatic N) is 1. The molecule has 1 unspecified atom stereocenters. The normalized spacial score (nSPS) is 19.8. The van der Waals surface area contributed by atoms with Gasteiger partial charge in [0.25, 0.3) is 0 Å². The Kier molecular flexibility index (Phi) is 5.80. The lowest BCUT2D eigenvalue weighted by molar-refractivity contribution is 0.0774. The second kappa shape index (κ2) is 7.40. The highest BCUT2D eigenvalue weighted by molar-refractivity contribution is 7.89. The van der Waals surface area contributed by atoms with E-state index in [9.17, 15) is 8.42 Å². The van der Waals surface area contributed by atoms with Crippen LogP contribution in [0.3, 0.4) is 0 Å².